The number of nitrogens with zero attached hydrogens (tertiary/aromatic N) is 2. The third-order valence-corrected chi connectivity index (χ3v) is 3.50. The molecule has 0 saturated heterocycles. The van der Waals surface area contributed by atoms with Gasteiger partial charge >= 0.3 is 0 Å². The molecule has 1 rings (SSSR count). The molecule has 0 aliphatic carbocycles. The SMILES string of the molecule is CCN(C)CCNc1snc(N)c1C(=O)NC(C)C. The van der Waals surface area contributed by atoms with Gasteiger partial charge in [0.15, 0.2) is 5.82 Å². The van der Waals surface area contributed by atoms with E-state index in [1.165, 1.54) is 11.5 Å². The van der Waals surface area contributed by atoms with Gasteiger partial charge in [0, 0.05) is 19.1 Å². The molecule has 0 spiro atoms. The monoisotopic (exact) mass is 285 g/mol. The predicted molar refractivity (Wildman–Crippen MR) is 80.8 cm³/mol. The first-order chi connectivity index (χ1) is 8.95. The van der Waals surface area contributed by atoms with Crippen LogP contribution >= 0.6 is 11.5 Å². The standard InChI is InChI=1S/C12H23N5OS/c1-5-17(4)7-6-14-12-9(10(13)16-19-12)11(18)15-8(2)3/h8,14H,5-7H2,1-4H3,(H2,13,16)(H,15,18). The van der Waals surface area contributed by atoms with Crippen LogP contribution in [0.3, 0.4) is 0 Å². The first kappa shape index (κ1) is 15.7. The second-order valence-corrected chi connectivity index (χ2v) is 5.50. The van der Waals surface area contributed by atoms with Gasteiger partial charge in [-0.1, -0.05) is 6.92 Å². The molecule has 0 aliphatic rings. The average Bonchev–Trinajstić information content (AvgIpc) is 2.69. The Kier molecular flexibility index (Phi) is 6.04. The molecule has 1 amide bonds. The van der Waals surface area contributed by atoms with Crippen LogP contribution in [0, 0.1) is 0 Å². The van der Waals surface area contributed by atoms with Crippen molar-refractivity contribution in [3.63, 3.8) is 0 Å². The molecule has 1 aromatic rings. The molecular weight excluding hydrogens is 262 g/mol. The summed E-state index contributed by atoms with van der Waals surface area (Å²) in [5.74, 6) is 0.113. The van der Waals surface area contributed by atoms with Crippen LogP contribution < -0.4 is 16.4 Å². The third kappa shape index (κ3) is 4.68. The number of nitrogen functional groups attached to an aromatic ring is 1. The van der Waals surface area contributed by atoms with Gasteiger partial charge in [0.05, 0.1) is 0 Å². The first-order valence-corrected chi connectivity index (χ1v) is 7.21. The summed E-state index contributed by atoms with van der Waals surface area (Å²) in [5.41, 5.74) is 6.22. The second kappa shape index (κ2) is 7.30. The van der Waals surface area contributed by atoms with Crippen LogP contribution in [0.15, 0.2) is 0 Å². The lowest BCUT2D eigenvalue weighted by atomic mass is 10.2. The minimum Gasteiger partial charge on any atom is -0.382 e. The van der Waals surface area contributed by atoms with Crippen molar-refractivity contribution in [1.82, 2.24) is 14.6 Å². The number of likely N-dealkylation sites (N-methyl/N-ethyl adjacent to an activating group) is 1. The summed E-state index contributed by atoms with van der Waals surface area (Å²) in [6.07, 6.45) is 0. The molecule has 0 bridgehead atoms. The summed E-state index contributed by atoms with van der Waals surface area (Å²) in [4.78, 5) is 14.2. The van der Waals surface area contributed by atoms with Crippen molar-refractivity contribution in [2.45, 2.75) is 26.8 Å². The molecule has 0 aliphatic heterocycles. The Morgan fingerprint density at radius 2 is 2.21 bits per heavy atom. The Morgan fingerprint density at radius 3 is 2.79 bits per heavy atom. The predicted octanol–water partition coefficient (Wildman–Crippen LogP) is 1.23. The van der Waals surface area contributed by atoms with Gasteiger partial charge in [-0.2, -0.15) is 4.37 Å². The number of anilines is 2. The van der Waals surface area contributed by atoms with Gasteiger partial charge in [-0.15, -0.1) is 0 Å². The highest BCUT2D eigenvalue weighted by Gasteiger charge is 2.19. The Labute approximate surface area is 118 Å². The molecule has 0 radical (unpaired) electrons. The molecule has 0 fully saturated rings. The Bertz CT molecular complexity index is 418. The fourth-order valence-electron chi connectivity index (χ4n) is 1.50. The number of amides is 1. The highest BCUT2D eigenvalue weighted by atomic mass is 32.1. The van der Waals surface area contributed by atoms with Crippen LogP contribution in [0.5, 0.6) is 0 Å². The largest absolute Gasteiger partial charge is 0.382 e. The number of aromatic nitrogens is 1. The zero-order valence-corrected chi connectivity index (χ0v) is 12.8. The number of hydrogen-bond acceptors (Lipinski definition) is 6. The van der Waals surface area contributed by atoms with E-state index in [2.05, 4.69) is 33.9 Å². The Morgan fingerprint density at radius 1 is 1.53 bits per heavy atom. The lowest BCUT2D eigenvalue weighted by Crippen LogP contribution is -2.31. The smallest absolute Gasteiger partial charge is 0.258 e. The molecule has 0 unspecified atom stereocenters. The van der Waals surface area contributed by atoms with Crippen molar-refractivity contribution in [3.8, 4) is 0 Å². The minimum absolute atomic E-state index is 0.0749. The molecular formula is C12H23N5OS. The van der Waals surface area contributed by atoms with Crippen molar-refractivity contribution >= 4 is 28.3 Å². The molecule has 0 aromatic carbocycles. The Hall–Kier alpha value is -1.34. The van der Waals surface area contributed by atoms with Crippen LogP contribution in [0.4, 0.5) is 10.8 Å². The lowest BCUT2D eigenvalue weighted by Gasteiger charge is -2.14. The van der Waals surface area contributed by atoms with Crippen molar-refractivity contribution in [2.75, 3.05) is 37.7 Å². The molecule has 4 N–H and O–H groups in total. The van der Waals surface area contributed by atoms with Crippen LogP contribution in [0.25, 0.3) is 0 Å². The number of nitrogens with one attached hydrogen (secondary N) is 2. The van der Waals surface area contributed by atoms with Crippen molar-refractivity contribution in [3.05, 3.63) is 5.56 Å². The van der Waals surface area contributed by atoms with E-state index < -0.39 is 0 Å². The van der Waals surface area contributed by atoms with Crippen molar-refractivity contribution in [2.24, 2.45) is 0 Å². The number of rotatable bonds is 7. The normalized spacial score (nSPS) is 11.1. The van der Waals surface area contributed by atoms with E-state index in [1.807, 2.05) is 13.8 Å². The molecule has 6 nitrogen and oxygen atoms in total. The zero-order chi connectivity index (χ0) is 14.4. The summed E-state index contributed by atoms with van der Waals surface area (Å²) >= 11 is 1.23. The van der Waals surface area contributed by atoms with Crippen molar-refractivity contribution < 1.29 is 4.79 Å². The summed E-state index contributed by atoms with van der Waals surface area (Å²) in [5, 5.41) is 6.80. The molecule has 0 saturated carbocycles. The van der Waals surface area contributed by atoms with E-state index in [0.717, 1.165) is 24.6 Å². The minimum atomic E-state index is -0.174. The maximum absolute atomic E-state index is 12.0. The van der Waals surface area contributed by atoms with Gasteiger partial charge in [0.2, 0.25) is 0 Å². The maximum atomic E-state index is 12.0. The number of hydrogen-bond donors (Lipinski definition) is 3. The zero-order valence-electron chi connectivity index (χ0n) is 12.0. The van der Waals surface area contributed by atoms with E-state index in [9.17, 15) is 4.79 Å². The van der Waals surface area contributed by atoms with E-state index in [4.69, 9.17) is 5.73 Å². The van der Waals surface area contributed by atoms with Gasteiger partial charge in [-0.05, 0) is 39.0 Å². The van der Waals surface area contributed by atoms with Gasteiger partial charge < -0.3 is 21.3 Å². The average molecular weight is 285 g/mol. The summed E-state index contributed by atoms with van der Waals surface area (Å²) in [6, 6.07) is 0.0749. The lowest BCUT2D eigenvalue weighted by molar-refractivity contribution is 0.0945. The maximum Gasteiger partial charge on any atom is 0.258 e. The first-order valence-electron chi connectivity index (χ1n) is 6.44. The molecule has 108 valence electrons. The van der Waals surface area contributed by atoms with Crippen LogP contribution in [-0.2, 0) is 0 Å². The third-order valence-electron chi connectivity index (χ3n) is 2.68. The summed E-state index contributed by atoms with van der Waals surface area (Å²) < 4.78 is 4.05. The van der Waals surface area contributed by atoms with E-state index >= 15 is 0 Å². The number of carbonyl (C=O) groups excluding carboxylic acids is 1. The summed E-state index contributed by atoms with van der Waals surface area (Å²) in [6.45, 7) is 8.58. The fraction of sp³-hybridized carbons (Fsp3) is 0.667. The van der Waals surface area contributed by atoms with Crippen LogP contribution in [-0.4, -0.2) is 47.9 Å². The van der Waals surface area contributed by atoms with Crippen LogP contribution in [0.1, 0.15) is 31.1 Å². The second-order valence-electron chi connectivity index (χ2n) is 4.72. The molecule has 0 atom stereocenters. The van der Waals surface area contributed by atoms with Gasteiger partial charge in [-0.25, -0.2) is 0 Å². The fourth-order valence-corrected chi connectivity index (χ4v) is 2.23. The van der Waals surface area contributed by atoms with Crippen LogP contribution in [0.2, 0.25) is 0 Å². The van der Waals surface area contributed by atoms with Gasteiger partial charge in [0.1, 0.15) is 10.6 Å². The van der Waals surface area contributed by atoms with Crippen molar-refractivity contribution in [1.29, 1.82) is 0 Å². The van der Waals surface area contributed by atoms with E-state index in [1.54, 1.807) is 0 Å². The molecule has 7 heteroatoms. The molecule has 19 heavy (non-hydrogen) atoms. The van der Waals surface area contributed by atoms with Gasteiger partial charge in [-0.3, -0.25) is 4.79 Å². The summed E-state index contributed by atoms with van der Waals surface area (Å²) in [7, 11) is 2.05. The molecule has 1 heterocycles. The number of carbonyl (C=O) groups is 1. The van der Waals surface area contributed by atoms with Gasteiger partial charge in [0.25, 0.3) is 5.91 Å². The number of nitrogens with two attached hydrogens (primary N) is 1. The molecule has 1 aromatic heterocycles. The highest BCUT2D eigenvalue weighted by molar-refractivity contribution is 7.11. The topological polar surface area (TPSA) is 83.3 Å². The van der Waals surface area contributed by atoms with E-state index in [-0.39, 0.29) is 17.8 Å². The highest BCUT2D eigenvalue weighted by Crippen LogP contribution is 2.26. The quantitative estimate of drug-likeness (QED) is 0.702. The van der Waals surface area contributed by atoms with E-state index in [0.29, 0.717) is 5.56 Å². The Balaban J connectivity index is 2.66.